The number of rotatable bonds is 4. The van der Waals surface area contributed by atoms with E-state index < -0.39 is 5.97 Å². The Hall–Kier alpha value is -1.62. The summed E-state index contributed by atoms with van der Waals surface area (Å²) in [6.07, 6.45) is 0. The molecule has 0 spiro atoms. The molecule has 0 bridgehead atoms. The summed E-state index contributed by atoms with van der Waals surface area (Å²) in [5.41, 5.74) is 1.39. The van der Waals surface area contributed by atoms with E-state index in [1.54, 1.807) is 11.3 Å². The molecular weight excluding hydrogens is 262 g/mol. The lowest BCUT2D eigenvalue weighted by atomic mass is 10.1. The normalized spacial score (nSPS) is 13.7. The molecule has 0 saturated carbocycles. The number of carbonyl (C=O) groups excluding carboxylic acids is 1. The number of aryl methyl sites for hydroxylation is 2. The monoisotopic (exact) mass is 281 g/mol. The molecular formula is C14H19NO3S. The van der Waals surface area contributed by atoms with Crippen molar-refractivity contribution in [2.24, 2.45) is 0 Å². The maximum Gasteiger partial charge on any atom is 0.331 e. The molecule has 0 aliphatic heterocycles. The summed E-state index contributed by atoms with van der Waals surface area (Å²) >= 11 is 1.69. The van der Waals surface area contributed by atoms with E-state index in [9.17, 15) is 9.59 Å². The fourth-order valence-electron chi connectivity index (χ4n) is 1.79. The predicted molar refractivity (Wildman–Crippen MR) is 76.4 cm³/mol. The van der Waals surface area contributed by atoms with Gasteiger partial charge in [-0.2, -0.15) is 0 Å². The summed E-state index contributed by atoms with van der Waals surface area (Å²) in [4.78, 5) is 25.1. The second-order valence-electron chi connectivity index (χ2n) is 4.62. The Bertz CT molecular complexity index is 543. The van der Waals surface area contributed by atoms with Gasteiger partial charge in [0.05, 0.1) is 6.04 Å². The number of thiophene rings is 1. The molecule has 0 fully saturated rings. The van der Waals surface area contributed by atoms with Crippen LogP contribution in [0.15, 0.2) is 17.2 Å². The molecule has 0 aromatic carbocycles. The van der Waals surface area contributed by atoms with E-state index in [0.717, 1.165) is 5.56 Å². The fourth-order valence-corrected chi connectivity index (χ4v) is 2.82. The first-order valence-corrected chi connectivity index (χ1v) is 6.84. The molecule has 19 heavy (non-hydrogen) atoms. The van der Waals surface area contributed by atoms with Gasteiger partial charge >= 0.3 is 5.97 Å². The number of hydrogen-bond donors (Lipinski definition) is 2. The molecule has 0 radical (unpaired) electrons. The molecule has 5 heteroatoms. The summed E-state index contributed by atoms with van der Waals surface area (Å²) in [6, 6.07) is 1.92. The van der Waals surface area contributed by atoms with Crippen molar-refractivity contribution in [1.29, 1.82) is 0 Å². The largest absolute Gasteiger partial charge is 0.478 e. The van der Waals surface area contributed by atoms with Gasteiger partial charge in [0.2, 0.25) is 5.91 Å². The lowest BCUT2D eigenvalue weighted by Crippen LogP contribution is -2.28. The van der Waals surface area contributed by atoms with Crippen LogP contribution in [0, 0.1) is 13.8 Å². The van der Waals surface area contributed by atoms with Crippen molar-refractivity contribution in [3.63, 3.8) is 0 Å². The molecule has 0 saturated heterocycles. The molecule has 1 aromatic rings. The maximum atomic E-state index is 12.0. The molecule has 1 atom stereocenters. The summed E-state index contributed by atoms with van der Waals surface area (Å²) in [5.74, 6) is -1.40. The first-order chi connectivity index (χ1) is 8.73. The standard InChI is InChI=1S/C14H19NO3S/c1-7-6-12(11(5)19-7)10(4)15-13(16)8(2)9(3)14(17)18/h6,10H,1-5H3,(H,15,16)(H,17,18). The van der Waals surface area contributed by atoms with Gasteiger partial charge in [-0.05, 0) is 46.2 Å². The zero-order valence-corrected chi connectivity index (χ0v) is 12.6. The Kier molecular flexibility index (Phi) is 4.89. The molecule has 2 N–H and O–H groups in total. The lowest BCUT2D eigenvalue weighted by Gasteiger charge is -2.14. The Morgan fingerprint density at radius 2 is 1.84 bits per heavy atom. The maximum absolute atomic E-state index is 12.0. The minimum Gasteiger partial charge on any atom is -0.478 e. The van der Waals surface area contributed by atoms with Crippen LogP contribution in [0.4, 0.5) is 0 Å². The number of hydrogen-bond acceptors (Lipinski definition) is 3. The average Bonchev–Trinajstić information content (AvgIpc) is 2.66. The van der Waals surface area contributed by atoms with Crippen LogP contribution >= 0.6 is 11.3 Å². The van der Waals surface area contributed by atoms with Crippen molar-refractivity contribution in [2.45, 2.75) is 40.7 Å². The van der Waals surface area contributed by atoms with Crippen molar-refractivity contribution in [1.82, 2.24) is 5.32 Å². The van der Waals surface area contributed by atoms with Gasteiger partial charge in [-0.15, -0.1) is 11.3 Å². The Labute approximate surface area is 117 Å². The zero-order valence-electron chi connectivity index (χ0n) is 11.8. The fraction of sp³-hybridized carbons (Fsp3) is 0.429. The first kappa shape index (κ1) is 15.4. The van der Waals surface area contributed by atoms with Crippen LogP contribution in [0.2, 0.25) is 0 Å². The van der Waals surface area contributed by atoms with Crippen molar-refractivity contribution >= 4 is 23.2 Å². The van der Waals surface area contributed by atoms with E-state index in [2.05, 4.69) is 5.32 Å². The SMILES string of the molecule is CC(C(=O)O)=C(C)C(=O)NC(C)c1cc(C)sc1C. The Morgan fingerprint density at radius 3 is 2.26 bits per heavy atom. The third-order valence-corrected chi connectivity index (χ3v) is 4.10. The summed E-state index contributed by atoms with van der Waals surface area (Å²) in [6.45, 7) is 8.89. The molecule has 1 amide bonds. The lowest BCUT2D eigenvalue weighted by molar-refractivity contribution is -0.133. The van der Waals surface area contributed by atoms with Gasteiger partial charge in [0.25, 0.3) is 0 Å². The molecule has 104 valence electrons. The number of nitrogens with one attached hydrogen (secondary N) is 1. The van der Waals surface area contributed by atoms with Gasteiger partial charge in [-0.25, -0.2) is 4.79 Å². The number of carbonyl (C=O) groups is 2. The third-order valence-electron chi connectivity index (χ3n) is 3.12. The van der Waals surface area contributed by atoms with Gasteiger partial charge in [0.1, 0.15) is 0 Å². The van der Waals surface area contributed by atoms with Crippen molar-refractivity contribution in [3.05, 3.63) is 32.5 Å². The van der Waals surface area contributed by atoms with Crippen molar-refractivity contribution in [3.8, 4) is 0 Å². The highest BCUT2D eigenvalue weighted by Gasteiger charge is 2.17. The smallest absolute Gasteiger partial charge is 0.331 e. The minimum atomic E-state index is -1.07. The molecule has 0 aliphatic carbocycles. The van der Waals surface area contributed by atoms with E-state index in [1.165, 1.54) is 23.6 Å². The van der Waals surface area contributed by atoms with E-state index in [1.807, 2.05) is 26.8 Å². The van der Waals surface area contributed by atoms with Gasteiger partial charge < -0.3 is 10.4 Å². The highest BCUT2D eigenvalue weighted by molar-refractivity contribution is 7.12. The van der Waals surface area contributed by atoms with Crippen LogP contribution in [0.5, 0.6) is 0 Å². The molecule has 1 rings (SSSR count). The highest BCUT2D eigenvalue weighted by atomic mass is 32.1. The number of aliphatic carboxylic acids is 1. The van der Waals surface area contributed by atoms with Gasteiger partial charge in [0, 0.05) is 20.9 Å². The van der Waals surface area contributed by atoms with Crippen LogP contribution < -0.4 is 5.32 Å². The Morgan fingerprint density at radius 1 is 1.26 bits per heavy atom. The minimum absolute atomic E-state index is 0.0721. The zero-order chi connectivity index (χ0) is 14.7. The number of carboxylic acid groups (broad SMARTS) is 1. The average molecular weight is 281 g/mol. The molecule has 1 aromatic heterocycles. The summed E-state index contributed by atoms with van der Waals surface area (Å²) < 4.78 is 0. The molecule has 1 unspecified atom stereocenters. The van der Waals surface area contributed by atoms with Gasteiger partial charge in [-0.3, -0.25) is 4.79 Å². The van der Waals surface area contributed by atoms with Crippen LogP contribution in [0.25, 0.3) is 0 Å². The van der Waals surface area contributed by atoms with Gasteiger partial charge in [-0.1, -0.05) is 0 Å². The van der Waals surface area contributed by atoms with Crippen LogP contribution in [-0.4, -0.2) is 17.0 Å². The third kappa shape index (κ3) is 3.67. The van der Waals surface area contributed by atoms with Crippen LogP contribution in [0.1, 0.15) is 42.1 Å². The van der Waals surface area contributed by atoms with E-state index >= 15 is 0 Å². The van der Waals surface area contributed by atoms with Crippen LogP contribution in [-0.2, 0) is 9.59 Å². The second kappa shape index (κ2) is 6.02. The van der Waals surface area contributed by atoms with E-state index in [4.69, 9.17) is 5.11 Å². The number of amides is 1. The predicted octanol–water partition coefficient (Wildman–Crippen LogP) is 2.96. The van der Waals surface area contributed by atoms with E-state index in [0.29, 0.717) is 0 Å². The molecule has 1 heterocycles. The van der Waals surface area contributed by atoms with Gasteiger partial charge in [0.15, 0.2) is 0 Å². The van der Waals surface area contributed by atoms with E-state index in [-0.39, 0.29) is 23.1 Å². The Balaban J connectivity index is 2.86. The second-order valence-corrected chi connectivity index (χ2v) is 6.08. The topological polar surface area (TPSA) is 66.4 Å². The molecule has 0 aliphatic rings. The highest BCUT2D eigenvalue weighted by Crippen LogP contribution is 2.26. The summed E-state index contributed by atoms with van der Waals surface area (Å²) in [7, 11) is 0. The van der Waals surface area contributed by atoms with Crippen molar-refractivity contribution < 1.29 is 14.7 Å². The number of carboxylic acids is 1. The van der Waals surface area contributed by atoms with Crippen molar-refractivity contribution in [2.75, 3.05) is 0 Å². The quantitative estimate of drug-likeness (QED) is 0.834. The van der Waals surface area contributed by atoms with Crippen LogP contribution in [0.3, 0.4) is 0 Å². The first-order valence-electron chi connectivity index (χ1n) is 6.02. The molecule has 4 nitrogen and oxygen atoms in total. The summed E-state index contributed by atoms with van der Waals surface area (Å²) in [5, 5.41) is 11.7.